The van der Waals surface area contributed by atoms with Crippen molar-refractivity contribution in [2.24, 2.45) is 4.99 Å². The summed E-state index contributed by atoms with van der Waals surface area (Å²) in [7, 11) is 1.75. The van der Waals surface area contributed by atoms with Crippen molar-refractivity contribution in [1.82, 2.24) is 25.3 Å². The number of hydrogen-bond acceptors (Lipinski definition) is 4. The Balaban J connectivity index is 1.44. The van der Waals surface area contributed by atoms with Gasteiger partial charge in [-0.3, -0.25) is 9.89 Å². The van der Waals surface area contributed by atoms with Crippen LogP contribution in [-0.4, -0.2) is 67.1 Å². The van der Waals surface area contributed by atoms with Crippen molar-refractivity contribution < 1.29 is 9.13 Å². The molecule has 2 N–H and O–H groups in total. The zero-order chi connectivity index (χ0) is 18.2. The lowest BCUT2D eigenvalue weighted by Crippen LogP contribution is -2.44. The molecular weight excluding hydrogens is 335 g/mol. The first-order valence-corrected chi connectivity index (χ1v) is 8.80. The van der Waals surface area contributed by atoms with E-state index in [1.165, 1.54) is 12.1 Å². The molecule has 0 aliphatic carbocycles. The summed E-state index contributed by atoms with van der Waals surface area (Å²) in [4.78, 5) is 6.60. The number of benzene rings is 1. The summed E-state index contributed by atoms with van der Waals surface area (Å²) >= 11 is 0. The third-order valence-corrected chi connectivity index (χ3v) is 4.22. The monoisotopic (exact) mass is 360 g/mol. The van der Waals surface area contributed by atoms with Crippen LogP contribution in [0.5, 0.6) is 0 Å². The number of aromatic nitrogens is 2. The molecule has 0 radical (unpaired) electrons. The van der Waals surface area contributed by atoms with E-state index in [0.29, 0.717) is 6.54 Å². The average Bonchev–Trinajstić information content (AvgIpc) is 3.15. The van der Waals surface area contributed by atoms with Crippen LogP contribution >= 0.6 is 0 Å². The van der Waals surface area contributed by atoms with Crippen LogP contribution in [0.4, 0.5) is 4.39 Å². The maximum absolute atomic E-state index is 13.0. The lowest BCUT2D eigenvalue weighted by Gasteiger charge is -2.26. The van der Waals surface area contributed by atoms with E-state index in [4.69, 9.17) is 4.74 Å². The van der Waals surface area contributed by atoms with Crippen molar-refractivity contribution in [2.45, 2.75) is 6.54 Å². The van der Waals surface area contributed by atoms with Crippen LogP contribution in [0.15, 0.2) is 41.5 Å². The number of aliphatic imine (C=N–C) groups is 1. The van der Waals surface area contributed by atoms with E-state index in [-0.39, 0.29) is 5.82 Å². The summed E-state index contributed by atoms with van der Waals surface area (Å²) in [5.74, 6) is 0.490. The highest BCUT2D eigenvalue weighted by molar-refractivity contribution is 5.79. The average molecular weight is 360 g/mol. The fourth-order valence-corrected chi connectivity index (χ4v) is 2.75. The lowest BCUT2D eigenvalue weighted by atomic mass is 10.3. The molecule has 1 fully saturated rings. The molecule has 1 aromatic carbocycles. The van der Waals surface area contributed by atoms with Gasteiger partial charge in [-0.05, 0) is 30.3 Å². The first kappa shape index (κ1) is 18.3. The molecule has 1 aliphatic rings. The van der Waals surface area contributed by atoms with E-state index in [2.05, 4.69) is 25.6 Å². The molecule has 3 rings (SSSR count). The van der Waals surface area contributed by atoms with Crippen molar-refractivity contribution in [2.75, 3.05) is 46.4 Å². The van der Waals surface area contributed by atoms with E-state index >= 15 is 0 Å². The van der Waals surface area contributed by atoms with Gasteiger partial charge in [0.1, 0.15) is 5.82 Å². The van der Waals surface area contributed by atoms with Gasteiger partial charge in [-0.1, -0.05) is 0 Å². The van der Waals surface area contributed by atoms with Gasteiger partial charge in [0.25, 0.3) is 0 Å². The largest absolute Gasteiger partial charge is 0.379 e. The number of halogens is 1. The van der Waals surface area contributed by atoms with Gasteiger partial charge in [-0.25, -0.2) is 9.07 Å². The van der Waals surface area contributed by atoms with E-state index in [1.807, 2.05) is 12.3 Å². The zero-order valence-electron chi connectivity index (χ0n) is 15.0. The number of nitrogens with zero attached hydrogens (tertiary/aromatic N) is 4. The summed E-state index contributed by atoms with van der Waals surface area (Å²) in [6.07, 6.45) is 1.86. The maximum atomic E-state index is 13.0. The van der Waals surface area contributed by atoms with Gasteiger partial charge in [0, 0.05) is 39.4 Å². The molecule has 2 heterocycles. The predicted molar refractivity (Wildman–Crippen MR) is 99.0 cm³/mol. The number of ether oxygens (including phenoxy) is 1. The highest BCUT2D eigenvalue weighted by atomic mass is 19.1. The van der Waals surface area contributed by atoms with Crippen LogP contribution in [-0.2, 0) is 11.3 Å². The number of nitrogens with one attached hydrogen (secondary N) is 2. The number of guanidine groups is 1. The molecular formula is C18H25FN6O. The van der Waals surface area contributed by atoms with Crippen molar-refractivity contribution in [3.8, 4) is 5.69 Å². The minimum absolute atomic E-state index is 0.255. The van der Waals surface area contributed by atoms with Crippen LogP contribution in [0.1, 0.15) is 5.69 Å². The molecule has 0 unspecified atom stereocenters. The Morgan fingerprint density at radius 3 is 2.69 bits per heavy atom. The Kier molecular flexibility index (Phi) is 6.56. The molecule has 1 aliphatic heterocycles. The quantitative estimate of drug-likeness (QED) is 0.595. The summed E-state index contributed by atoms with van der Waals surface area (Å²) in [6, 6.07) is 8.18. The molecule has 2 aromatic rings. The molecule has 7 nitrogen and oxygen atoms in total. The van der Waals surface area contributed by atoms with E-state index in [9.17, 15) is 4.39 Å². The third kappa shape index (κ3) is 5.27. The Bertz CT molecular complexity index is 709. The molecule has 26 heavy (non-hydrogen) atoms. The standard InChI is InChI=1S/C18H25FN6O/c1-20-18(21-7-9-24-10-12-26-13-11-24)22-14-16-6-8-25(23-16)17-4-2-15(19)3-5-17/h2-6,8H,7,9-14H2,1H3,(H2,20,21,22). The maximum Gasteiger partial charge on any atom is 0.191 e. The van der Waals surface area contributed by atoms with Crippen molar-refractivity contribution in [3.05, 3.63) is 48.0 Å². The van der Waals surface area contributed by atoms with Crippen LogP contribution in [0.25, 0.3) is 5.69 Å². The van der Waals surface area contributed by atoms with Gasteiger partial charge >= 0.3 is 0 Å². The molecule has 0 bridgehead atoms. The predicted octanol–water partition coefficient (Wildman–Crippen LogP) is 1.01. The van der Waals surface area contributed by atoms with Crippen molar-refractivity contribution in [1.29, 1.82) is 0 Å². The molecule has 1 saturated heterocycles. The molecule has 0 spiro atoms. The third-order valence-electron chi connectivity index (χ3n) is 4.22. The molecule has 0 atom stereocenters. The normalized spacial score (nSPS) is 15.8. The Morgan fingerprint density at radius 1 is 1.19 bits per heavy atom. The number of hydrogen-bond donors (Lipinski definition) is 2. The SMILES string of the molecule is CN=C(NCCN1CCOCC1)NCc1ccn(-c2ccc(F)cc2)n1. The Labute approximate surface area is 152 Å². The highest BCUT2D eigenvalue weighted by Crippen LogP contribution is 2.08. The summed E-state index contributed by atoms with van der Waals surface area (Å²) in [5, 5.41) is 11.1. The second kappa shape index (κ2) is 9.30. The van der Waals surface area contributed by atoms with Gasteiger partial charge in [0.2, 0.25) is 0 Å². The van der Waals surface area contributed by atoms with Crippen LogP contribution in [0, 0.1) is 5.82 Å². The Morgan fingerprint density at radius 2 is 1.96 bits per heavy atom. The minimum atomic E-state index is -0.255. The first-order chi connectivity index (χ1) is 12.7. The fraction of sp³-hybridized carbons (Fsp3) is 0.444. The van der Waals surface area contributed by atoms with Crippen LogP contribution in [0.2, 0.25) is 0 Å². The summed E-state index contributed by atoms with van der Waals surface area (Å²) in [6.45, 7) is 5.93. The second-order valence-corrected chi connectivity index (χ2v) is 6.03. The Hall–Kier alpha value is -2.45. The number of morpholine rings is 1. The fourth-order valence-electron chi connectivity index (χ4n) is 2.75. The van der Waals surface area contributed by atoms with E-state index < -0.39 is 0 Å². The first-order valence-electron chi connectivity index (χ1n) is 8.80. The molecule has 8 heteroatoms. The smallest absolute Gasteiger partial charge is 0.191 e. The van der Waals surface area contributed by atoms with Crippen LogP contribution in [0.3, 0.4) is 0 Å². The van der Waals surface area contributed by atoms with Crippen LogP contribution < -0.4 is 10.6 Å². The van der Waals surface area contributed by atoms with E-state index in [0.717, 1.165) is 56.7 Å². The van der Waals surface area contributed by atoms with Gasteiger partial charge < -0.3 is 15.4 Å². The summed E-state index contributed by atoms with van der Waals surface area (Å²) < 4.78 is 20.1. The second-order valence-electron chi connectivity index (χ2n) is 6.03. The van der Waals surface area contributed by atoms with Gasteiger partial charge in [0.05, 0.1) is 31.1 Å². The van der Waals surface area contributed by atoms with Gasteiger partial charge in [-0.15, -0.1) is 0 Å². The van der Waals surface area contributed by atoms with Crippen molar-refractivity contribution >= 4 is 5.96 Å². The topological polar surface area (TPSA) is 66.7 Å². The summed E-state index contributed by atoms with van der Waals surface area (Å²) in [5.41, 5.74) is 1.70. The molecule has 140 valence electrons. The van der Waals surface area contributed by atoms with E-state index in [1.54, 1.807) is 23.9 Å². The lowest BCUT2D eigenvalue weighted by molar-refractivity contribution is 0.0389. The number of rotatable bonds is 6. The molecule has 0 saturated carbocycles. The zero-order valence-corrected chi connectivity index (χ0v) is 15.0. The van der Waals surface area contributed by atoms with Gasteiger partial charge in [0.15, 0.2) is 5.96 Å². The molecule has 0 amide bonds. The molecule has 1 aromatic heterocycles. The van der Waals surface area contributed by atoms with Gasteiger partial charge in [-0.2, -0.15) is 5.10 Å². The highest BCUT2D eigenvalue weighted by Gasteiger charge is 2.09. The van der Waals surface area contributed by atoms with Crippen molar-refractivity contribution in [3.63, 3.8) is 0 Å². The minimum Gasteiger partial charge on any atom is -0.379 e.